The third-order valence-corrected chi connectivity index (χ3v) is 9.01. The Labute approximate surface area is 292 Å². The van der Waals surface area contributed by atoms with Gasteiger partial charge in [-0.1, -0.05) is 0 Å². The Bertz CT molecular complexity index is 1800. The molecule has 6 rings (SSSR count). The smallest absolute Gasteiger partial charge is 0.239 e. The van der Waals surface area contributed by atoms with Gasteiger partial charge in [0, 0.05) is 17.7 Å². The first-order valence-corrected chi connectivity index (χ1v) is 15.9. The fraction of sp³-hybridized carbons (Fsp3) is 0.531. The van der Waals surface area contributed by atoms with Crippen LogP contribution in [0.3, 0.4) is 0 Å². The van der Waals surface area contributed by atoms with Crippen molar-refractivity contribution in [2.75, 3.05) is 13.2 Å². The number of aliphatic hydroxyl groups excluding tert-OH is 9. The molecule has 286 valence electrons. The predicted octanol–water partition coefficient (Wildman–Crippen LogP) is -3.57. The van der Waals surface area contributed by atoms with Gasteiger partial charge in [-0.3, -0.25) is 4.79 Å². The molecule has 0 radical (unpaired) electrons. The summed E-state index contributed by atoms with van der Waals surface area (Å²) in [6.45, 7) is 0.0637. The first-order chi connectivity index (χ1) is 24.6. The summed E-state index contributed by atoms with van der Waals surface area (Å²) in [6, 6.07) is 5.27. The van der Waals surface area contributed by atoms with Crippen molar-refractivity contribution in [2.45, 2.75) is 92.9 Å². The van der Waals surface area contributed by atoms with E-state index in [-0.39, 0.29) is 16.9 Å². The average Bonchev–Trinajstić information content (AvgIpc) is 3.11. The van der Waals surface area contributed by atoms with Crippen molar-refractivity contribution >= 4 is 11.0 Å². The number of benzene rings is 2. The van der Waals surface area contributed by atoms with Crippen LogP contribution in [0.1, 0.15) is 6.92 Å². The quantitative estimate of drug-likeness (QED) is 0.0993. The third-order valence-electron chi connectivity index (χ3n) is 9.01. The van der Waals surface area contributed by atoms with E-state index in [9.17, 15) is 66.1 Å². The highest BCUT2D eigenvalue weighted by molar-refractivity contribution is 5.88. The molecule has 3 aromatic rings. The minimum atomic E-state index is -1.85. The van der Waals surface area contributed by atoms with E-state index in [2.05, 4.69) is 0 Å². The molecule has 3 saturated heterocycles. The van der Waals surface area contributed by atoms with Crippen molar-refractivity contribution in [2.24, 2.45) is 0 Å². The highest BCUT2D eigenvalue weighted by Crippen LogP contribution is 2.40. The number of rotatable bonds is 8. The number of aliphatic hydroxyl groups is 9. The summed E-state index contributed by atoms with van der Waals surface area (Å²) < 4.78 is 39.5. The molecule has 0 bridgehead atoms. The van der Waals surface area contributed by atoms with Gasteiger partial charge in [-0.2, -0.15) is 0 Å². The van der Waals surface area contributed by atoms with E-state index < -0.39 is 139 Å². The van der Waals surface area contributed by atoms with E-state index in [0.717, 1.165) is 24.3 Å². The van der Waals surface area contributed by atoms with Gasteiger partial charge in [0.1, 0.15) is 77.4 Å². The second-order valence-electron chi connectivity index (χ2n) is 12.6. The number of hydrogen-bond donors (Lipinski definition) is 12. The molecular formula is C32H38O20. The van der Waals surface area contributed by atoms with Crippen molar-refractivity contribution in [3.8, 4) is 40.1 Å². The Morgan fingerprint density at radius 1 is 0.731 bits per heavy atom. The molecular weight excluding hydrogens is 704 g/mol. The van der Waals surface area contributed by atoms with Gasteiger partial charge >= 0.3 is 0 Å². The minimum absolute atomic E-state index is 0.0881. The standard InChI is InChI=1S/C32H38O20/c1-9-19(38)23(42)25(44)30(47-9)52-29-20(39)15(37)8-46-32(29)51-28-22(41)18-14(36)5-11(48-31-26(45)24(43)21(40)17(7-33)50-31)6-16(18)49-27(28)10-2-3-12(34)13(35)4-10/h2-6,9,15,17,19-21,23-26,29-40,42-45H,7-8H2,1H3. The van der Waals surface area contributed by atoms with E-state index in [1.54, 1.807) is 0 Å². The highest BCUT2D eigenvalue weighted by atomic mass is 16.8. The zero-order valence-electron chi connectivity index (χ0n) is 27.0. The summed E-state index contributed by atoms with van der Waals surface area (Å²) in [6.07, 6.45) is -23.1. The predicted molar refractivity (Wildman–Crippen MR) is 167 cm³/mol. The molecule has 52 heavy (non-hydrogen) atoms. The molecule has 3 aliphatic rings. The van der Waals surface area contributed by atoms with Crippen molar-refractivity contribution < 1.29 is 94.1 Å². The van der Waals surface area contributed by atoms with Crippen molar-refractivity contribution in [1.29, 1.82) is 0 Å². The second-order valence-corrected chi connectivity index (χ2v) is 12.6. The number of fused-ring (bicyclic) bond motifs is 1. The van der Waals surface area contributed by atoms with Gasteiger partial charge in [-0.05, 0) is 25.1 Å². The summed E-state index contributed by atoms with van der Waals surface area (Å²) in [5.41, 5.74) is -1.55. The van der Waals surface area contributed by atoms with Crippen LogP contribution in [0.2, 0.25) is 0 Å². The van der Waals surface area contributed by atoms with Crippen LogP contribution < -0.4 is 14.9 Å². The van der Waals surface area contributed by atoms with Crippen LogP contribution in [0.5, 0.6) is 28.7 Å². The fourth-order valence-corrected chi connectivity index (χ4v) is 6.00. The lowest BCUT2D eigenvalue weighted by Gasteiger charge is -2.43. The number of aromatic hydroxyl groups is 3. The second kappa shape index (κ2) is 14.9. The Morgan fingerprint density at radius 2 is 1.42 bits per heavy atom. The van der Waals surface area contributed by atoms with Crippen LogP contribution in [0.4, 0.5) is 0 Å². The summed E-state index contributed by atoms with van der Waals surface area (Å²) in [5, 5.41) is 123. The maximum absolute atomic E-state index is 14.1. The zero-order chi connectivity index (χ0) is 37.8. The summed E-state index contributed by atoms with van der Waals surface area (Å²) in [5.74, 6) is -3.44. The highest BCUT2D eigenvalue weighted by Gasteiger charge is 2.49. The Kier molecular flexibility index (Phi) is 10.8. The van der Waals surface area contributed by atoms with Crippen molar-refractivity contribution in [3.63, 3.8) is 0 Å². The molecule has 0 amide bonds. The van der Waals surface area contributed by atoms with Gasteiger partial charge in [0.25, 0.3) is 0 Å². The largest absolute Gasteiger partial charge is 0.507 e. The van der Waals surface area contributed by atoms with Gasteiger partial charge in [-0.25, -0.2) is 0 Å². The van der Waals surface area contributed by atoms with Crippen LogP contribution in [0, 0.1) is 0 Å². The lowest BCUT2D eigenvalue weighted by molar-refractivity contribution is -0.344. The first kappa shape index (κ1) is 37.9. The van der Waals surface area contributed by atoms with Crippen molar-refractivity contribution in [3.05, 3.63) is 40.6 Å². The molecule has 2 aromatic carbocycles. The topological polar surface area (TPSA) is 328 Å². The van der Waals surface area contributed by atoms with Crippen LogP contribution in [0.15, 0.2) is 39.5 Å². The third kappa shape index (κ3) is 6.97. The number of phenols is 3. The number of phenolic OH excluding ortho intramolecular Hbond substituents is 3. The van der Waals surface area contributed by atoms with Crippen molar-refractivity contribution in [1.82, 2.24) is 0 Å². The molecule has 0 aliphatic carbocycles. The maximum atomic E-state index is 14.1. The summed E-state index contributed by atoms with van der Waals surface area (Å²) in [4.78, 5) is 14.1. The molecule has 0 spiro atoms. The number of ether oxygens (including phenoxy) is 6. The molecule has 20 nitrogen and oxygen atoms in total. The zero-order valence-corrected chi connectivity index (χ0v) is 27.0. The fourth-order valence-electron chi connectivity index (χ4n) is 6.00. The van der Waals surface area contributed by atoms with E-state index in [1.807, 2.05) is 0 Å². The molecule has 0 saturated carbocycles. The van der Waals surface area contributed by atoms with E-state index in [0.29, 0.717) is 0 Å². The van der Waals surface area contributed by atoms with Gasteiger partial charge in [-0.15, -0.1) is 0 Å². The molecule has 12 N–H and O–H groups in total. The molecule has 1 aromatic heterocycles. The van der Waals surface area contributed by atoms with Crippen LogP contribution in [-0.4, -0.2) is 161 Å². The SMILES string of the molecule is CC1OC(OC2C(Oc3c(-c4ccc(O)c(O)c4)oc4cc(OC5OC(CO)C(O)C(O)C5O)cc(O)c4c3=O)OCC(O)C2O)C(O)C(O)C1O. The van der Waals surface area contributed by atoms with Gasteiger partial charge in [0.05, 0.1) is 19.3 Å². The van der Waals surface area contributed by atoms with Gasteiger partial charge in [0.2, 0.25) is 23.8 Å². The van der Waals surface area contributed by atoms with Crippen LogP contribution in [0.25, 0.3) is 22.3 Å². The van der Waals surface area contributed by atoms with E-state index in [4.69, 9.17) is 32.8 Å². The monoisotopic (exact) mass is 742 g/mol. The lowest BCUT2D eigenvalue weighted by atomic mass is 9.99. The first-order valence-electron chi connectivity index (χ1n) is 15.9. The summed E-state index contributed by atoms with van der Waals surface area (Å²) >= 11 is 0. The summed E-state index contributed by atoms with van der Waals surface area (Å²) in [7, 11) is 0. The Balaban J connectivity index is 1.40. The Morgan fingerprint density at radius 3 is 2.12 bits per heavy atom. The molecule has 14 unspecified atom stereocenters. The van der Waals surface area contributed by atoms with Crippen LogP contribution >= 0.6 is 0 Å². The van der Waals surface area contributed by atoms with E-state index >= 15 is 0 Å². The lowest BCUT2D eigenvalue weighted by Crippen LogP contribution is -2.62. The normalized spacial score (nSPS) is 36.8. The number of hydrogen-bond acceptors (Lipinski definition) is 20. The molecule has 20 heteroatoms. The van der Waals surface area contributed by atoms with Gasteiger partial charge in [0.15, 0.2) is 29.7 Å². The van der Waals surface area contributed by atoms with Crippen LogP contribution in [-0.2, 0) is 18.9 Å². The average molecular weight is 743 g/mol. The minimum Gasteiger partial charge on any atom is -0.507 e. The molecule has 3 aliphatic heterocycles. The Hall–Kier alpha value is -3.87. The molecule has 4 heterocycles. The van der Waals surface area contributed by atoms with E-state index in [1.165, 1.54) is 13.0 Å². The molecule has 3 fully saturated rings. The maximum Gasteiger partial charge on any atom is 0.239 e. The molecule has 14 atom stereocenters. The van der Waals surface area contributed by atoms with Gasteiger partial charge < -0.3 is 94.1 Å².